The molecular formula is C22H25N5O3S. The van der Waals surface area contributed by atoms with Gasteiger partial charge in [-0.2, -0.15) is 0 Å². The van der Waals surface area contributed by atoms with Crippen LogP contribution in [-0.2, 0) is 10.0 Å². The van der Waals surface area contributed by atoms with Crippen molar-refractivity contribution in [3.05, 3.63) is 59.5 Å². The number of aromatic nitrogens is 3. The summed E-state index contributed by atoms with van der Waals surface area (Å²) in [6, 6.07) is 10.6. The molecule has 1 unspecified atom stereocenters. The van der Waals surface area contributed by atoms with Gasteiger partial charge in [0.15, 0.2) is 5.65 Å². The van der Waals surface area contributed by atoms with E-state index in [1.165, 1.54) is 6.07 Å². The van der Waals surface area contributed by atoms with Crippen LogP contribution in [0.5, 0.6) is 0 Å². The van der Waals surface area contributed by atoms with Crippen molar-refractivity contribution in [1.29, 1.82) is 0 Å². The van der Waals surface area contributed by atoms with Gasteiger partial charge in [0, 0.05) is 36.8 Å². The molecule has 1 saturated carbocycles. The van der Waals surface area contributed by atoms with Crippen LogP contribution in [0.4, 0.5) is 0 Å². The number of piperidine rings is 1. The Morgan fingerprint density at radius 2 is 1.97 bits per heavy atom. The van der Waals surface area contributed by atoms with Crippen LogP contribution in [0.25, 0.3) is 5.65 Å². The molecule has 2 fully saturated rings. The Morgan fingerprint density at radius 3 is 2.77 bits per heavy atom. The number of nitrogens with one attached hydrogen (secondary N) is 1. The Kier molecular flexibility index (Phi) is 5.02. The molecule has 1 saturated heterocycles. The van der Waals surface area contributed by atoms with Gasteiger partial charge in [-0.25, -0.2) is 13.1 Å². The first-order valence-electron chi connectivity index (χ1n) is 10.6. The van der Waals surface area contributed by atoms with E-state index in [1.807, 2.05) is 40.6 Å². The second-order valence-electron chi connectivity index (χ2n) is 8.45. The van der Waals surface area contributed by atoms with Crippen LogP contribution in [-0.4, -0.2) is 53.0 Å². The molecule has 31 heavy (non-hydrogen) atoms. The highest BCUT2D eigenvalue weighted by Crippen LogP contribution is 2.28. The molecule has 1 atom stereocenters. The van der Waals surface area contributed by atoms with Crippen molar-refractivity contribution >= 4 is 21.6 Å². The first-order valence-corrected chi connectivity index (χ1v) is 12.1. The molecular weight excluding hydrogens is 414 g/mol. The van der Waals surface area contributed by atoms with Crippen molar-refractivity contribution in [2.75, 3.05) is 13.1 Å². The summed E-state index contributed by atoms with van der Waals surface area (Å²) in [4.78, 5) is 15.3. The molecule has 0 radical (unpaired) electrons. The summed E-state index contributed by atoms with van der Waals surface area (Å²) in [5.41, 5.74) is 1.99. The van der Waals surface area contributed by atoms with Crippen LogP contribution in [0.1, 0.15) is 53.3 Å². The van der Waals surface area contributed by atoms with Gasteiger partial charge in [-0.05, 0) is 62.4 Å². The lowest BCUT2D eigenvalue weighted by atomic mass is 9.96. The van der Waals surface area contributed by atoms with E-state index >= 15 is 0 Å². The van der Waals surface area contributed by atoms with Gasteiger partial charge < -0.3 is 4.90 Å². The second kappa shape index (κ2) is 7.72. The number of sulfonamides is 1. The molecule has 3 aromatic rings. The SMILES string of the molecule is Cc1ccc(S(=O)(=O)NC2CC2)cc1C(=O)N1CCCC(c2nnc3ccccn23)C1. The zero-order chi connectivity index (χ0) is 21.6. The van der Waals surface area contributed by atoms with Crippen LogP contribution < -0.4 is 4.72 Å². The van der Waals surface area contributed by atoms with Crippen LogP contribution >= 0.6 is 0 Å². The first-order chi connectivity index (χ1) is 14.9. The molecule has 2 aromatic heterocycles. The Morgan fingerprint density at radius 1 is 1.13 bits per heavy atom. The van der Waals surface area contributed by atoms with E-state index in [2.05, 4.69) is 14.9 Å². The molecule has 0 spiro atoms. The highest BCUT2D eigenvalue weighted by molar-refractivity contribution is 7.89. The van der Waals surface area contributed by atoms with Crippen molar-refractivity contribution in [3.8, 4) is 0 Å². The molecule has 1 N–H and O–H groups in total. The molecule has 9 heteroatoms. The van der Waals surface area contributed by atoms with Crippen LogP contribution in [0.2, 0.25) is 0 Å². The molecule has 8 nitrogen and oxygen atoms in total. The number of hydrogen-bond acceptors (Lipinski definition) is 5. The molecule has 2 aliphatic rings. The molecule has 1 aliphatic carbocycles. The first kappa shape index (κ1) is 20.1. The predicted molar refractivity (Wildman–Crippen MR) is 115 cm³/mol. The molecule has 5 rings (SSSR count). The van der Waals surface area contributed by atoms with Crippen molar-refractivity contribution in [2.24, 2.45) is 0 Å². The summed E-state index contributed by atoms with van der Waals surface area (Å²) in [5.74, 6) is 0.799. The van der Waals surface area contributed by atoms with Gasteiger partial charge in [-0.15, -0.1) is 10.2 Å². The normalized spacial score (nSPS) is 19.6. The minimum atomic E-state index is -3.61. The third-order valence-electron chi connectivity index (χ3n) is 6.06. The van der Waals surface area contributed by atoms with Crippen LogP contribution in [0.3, 0.4) is 0 Å². The smallest absolute Gasteiger partial charge is 0.254 e. The minimum Gasteiger partial charge on any atom is -0.338 e. The monoisotopic (exact) mass is 439 g/mol. The van der Waals surface area contributed by atoms with Gasteiger partial charge in [0.05, 0.1) is 4.90 Å². The number of hydrogen-bond donors (Lipinski definition) is 1. The van der Waals surface area contributed by atoms with Crippen molar-refractivity contribution in [3.63, 3.8) is 0 Å². The minimum absolute atomic E-state index is 0.0197. The number of benzene rings is 1. The quantitative estimate of drug-likeness (QED) is 0.659. The van der Waals surface area contributed by atoms with E-state index in [0.29, 0.717) is 18.7 Å². The lowest BCUT2D eigenvalue weighted by Gasteiger charge is -2.32. The third kappa shape index (κ3) is 3.95. The highest BCUT2D eigenvalue weighted by Gasteiger charge is 2.31. The van der Waals surface area contributed by atoms with Gasteiger partial charge in [0.2, 0.25) is 10.0 Å². The number of carbonyl (C=O) groups is 1. The number of amides is 1. The van der Waals surface area contributed by atoms with E-state index in [-0.39, 0.29) is 22.8 Å². The van der Waals surface area contributed by atoms with Crippen LogP contribution in [0.15, 0.2) is 47.5 Å². The maximum Gasteiger partial charge on any atom is 0.254 e. The summed E-state index contributed by atoms with van der Waals surface area (Å²) >= 11 is 0. The maximum atomic E-state index is 13.4. The summed E-state index contributed by atoms with van der Waals surface area (Å²) in [6.07, 6.45) is 5.46. The van der Waals surface area contributed by atoms with E-state index in [9.17, 15) is 13.2 Å². The lowest BCUT2D eigenvalue weighted by molar-refractivity contribution is 0.0703. The summed E-state index contributed by atoms with van der Waals surface area (Å²) in [5, 5.41) is 8.61. The Bertz CT molecular complexity index is 1250. The fourth-order valence-corrected chi connectivity index (χ4v) is 5.50. The number of likely N-dealkylation sites (tertiary alicyclic amines) is 1. The second-order valence-corrected chi connectivity index (χ2v) is 10.2. The topological polar surface area (TPSA) is 96.7 Å². The van der Waals surface area contributed by atoms with Gasteiger partial charge in [-0.3, -0.25) is 9.20 Å². The molecule has 1 aliphatic heterocycles. The Balaban J connectivity index is 1.40. The van der Waals surface area contributed by atoms with Crippen molar-refractivity contribution < 1.29 is 13.2 Å². The fraction of sp³-hybridized carbons (Fsp3) is 0.409. The molecule has 3 heterocycles. The number of rotatable bonds is 5. The van der Waals surface area contributed by atoms with Crippen molar-refractivity contribution in [1.82, 2.24) is 24.2 Å². The number of fused-ring (bicyclic) bond motifs is 1. The van der Waals surface area contributed by atoms with Gasteiger partial charge in [0.1, 0.15) is 5.82 Å². The number of nitrogens with zero attached hydrogens (tertiary/aromatic N) is 4. The summed E-state index contributed by atoms with van der Waals surface area (Å²) in [7, 11) is -3.61. The van der Waals surface area contributed by atoms with Gasteiger partial charge in [-0.1, -0.05) is 12.1 Å². The average molecular weight is 440 g/mol. The number of aryl methyl sites for hydroxylation is 1. The van der Waals surface area contributed by atoms with E-state index < -0.39 is 10.0 Å². The number of pyridine rings is 1. The van der Waals surface area contributed by atoms with Crippen molar-refractivity contribution in [2.45, 2.75) is 49.5 Å². The third-order valence-corrected chi connectivity index (χ3v) is 7.58. The predicted octanol–water partition coefficient (Wildman–Crippen LogP) is 2.50. The number of carbonyl (C=O) groups excluding carboxylic acids is 1. The van der Waals surface area contributed by atoms with Gasteiger partial charge >= 0.3 is 0 Å². The Hall–Kier alpha value is -2.78. The molecule has 1 amide bonds. The molecule has 162 valence electrons. The molecule has 0 bridgehead atoms. The van der Waals surface area contributed by atoms with Crippen LogP contribution in [0, 0.1) is 6.92 Å². The maximum absolute atomic E-state index is 13.4. The van der Waals surface area contributed by atoms with E-state index in [1.54, 1.807) is 12.1 Å². The van der Waals surface area contributed by atoms with E-state index in [0.717, 1.165) is 42.7 Å². The largest absolute Gasteiger partial charge is 0.338 e. The highest BCUT2D eigenvalue weighted by atomic mass is 32.2. The van der Waals surface area contributed by atoms with E-state index in [4.69, 9.17) is 0 Å². The zero-order valence-corrected chi connectivity index (χ0v) is 18.2. The lowest BCUT2D eigenvalue weighted by Crippen LogP contribution is -2.40. The Labute approximate surface area is 181 Å². The standard InChI is InChI=1S/C22H25N5O3S/c1-15-7-10-18(31(29,30)25-17-8-9-17)13-19(15)22(28)26-11-4-5-16(14-26)21-24-23-20-6-2-3-12-27(20)21/h2-3,6-7,10,12-13,16-17,25H,4-5,8-9,11,14H2,1H3. The summed E-state index contributed by atoms with van der Waals surface area (Å²) in [6.45, 7) is 3.01. The molecule has 1 aromatic carbocycles. The van der Waals surface area contributed by atoms with Gasteiger partial charge in [0.25, 0.3) is 5.91 Å². The summed E-state index contributed by atoms with van der Waals surface area (Å²) < 4.78 is 29.9. The average Bonchev–Trinajstić information content (AvgIpc) is 3.47. The zero-order valence-electron chi connectivity index (χ0n) is 17.4. The fourth-order valence-electron chi connectivity index (χ4n) is 4.17.